The number of aryl methyl sites for hydroxylation is 2. The molecule has 0 aliphatic carbocycles. The summed E-state index contributed by atoms with van der Waals surface area (Å²) in [5.74, 6) is 1.68. The molecule has 0 aliphatic heterocycles. The van der Waals surface area contributed by atoms with Crippen LogP contribution in [0.25, 0.3) is 0 Å². The van der Waals surface area contributed by atoms with Crippen LogP contribution >= 0.6 is 0 Å². The van der Waals surface area contributed by atoms with Crippen LogP contribution in [0.15, 0.2) is 54.9 Å². The molecule has 3 aromatic rings. The van der Waals surface area contributed by atoms with E-state index in [4.69, 9.17) is 9.47 Å². The average molecular weight is 378 g/mol. The summed E-state index contributed by atoms with van der Waals surface area (Å²) < 4.78 is 10.8. The molecule has 0 saturated carbocycles. The van der Waals surface area contributed by atoms with E-state index in [1.54, 1.807) is 37.7 Å². The summed E-state index contributed by atoms with van der Waals surface area (Å²) >= 11 is 0. The lowest BCUT2D eigenvalue weighted by molar-refractivity contribution is 0.251. The number of nitrogens with one attached hydrogen (secondary N) is 2. The molecular formula is C21H22N4O3. The van der Waals surface area contributed by atoms with Crippen molar-refractivity contribution in [1.29, 1.82) is 0 Å². The molecule has 0 spiro atoms. The lowest BCUT2D eigenvalue weighted by Gasteiger charge is -2.10. The highest BCUT2D eigenvalue weighted by atomic mass is 16.5. The summed E-state index contributed by atoms with van der Waals surface area (Å²) in [5, 5.41) is 5.51. The third-order valence-corrected chi connectivity index (χ3v) is 4.16. The largest absolute Gasteiger partial charge is 0.481 e. The zero-order valence-electron chi connectivity index (χ0n) is 16.0. The fourth-order valence-electron chi connectivity index (χ4n) is 2.44. The van der Waals surface area contributed by atoms with Crippen LogP contribution in [0.4, 0.5) is 10.5 Å². The smallest absolute Gasteiger partial charge is 0.319 e. The molecule has 2 aromatic heterocycles. The Morgan fingerprint density at radius 1 is 1.00 bits per heavy atom. The molecule has 0 saturated heterocycles. The first-order valence-electron chi connectivity index (χ1n) is 8.78. The lowest BCUT2D eigenvalue weighted by Crippen LogP contribution is -2.28. The van der Waals surface area contributed by atoms with Crippen LogP contribution in [0.1, 0.15) is 16.7 Å². The quantitative estimate of drug-likeness (QED) is 0.671. The van der Waals surface area contributed by atoms with Crippen molar-refractivity contribution in [3.05, 3.63) is 71.5 Å². The standard InChI is InChI=1S/C21H22N4O3/c1-14-4-6-18(10-15(14)2)28-19-7-5-17(13-23-19)25-21(26)24-12-16-8-9-22-20(11-16)27-3/h4-11,13H,12H2,1-3H3,(H2,24,25,26). The second kappa shape index (κ2) is 8.85. The highest BCUT2D eigenvalue weighted by molar-refractivity contribution is 5.88. The van der Waals surface area contributed by atoms with Crippen LogP contribution in [-0.2, 0) is 6.54 Å². The third-order valence-electron chi connectivity index (χ3n) is 4.16. The summed E-state index contributed by atoms with van der Waals surface area (Å²) in [6, 6.07) is 12.5. The van der Waals surface area contributed by atoms with Crippen molar-refractivity contribution in [3.63, 3.8) is 0 Å². The molecule has 0 radical (unpaired) electrons. The molecule has 0 bridgehead atoms. The fraction of sp³-hybridized carbons (Fsp3) is 0.190. The number of urea groups is 1. The second-order valence-electron chi connectivity index (χ2n) is 6.25. The number of ether oxygens (including phenoxy) is 2. The maximum absolute atomic E-state index is 12.1. The van der Waals surface area contributed by atoms with E-state index in [2.05, 4.69) is 20.6 Å². The van der Waals surface area contributed by atoms with E-state index in [9.17, 15) is 4.79 Å². The number of pyridine rings is 2. The van der Waals surface area contributed by atoms with Gasteiger partial charge in [-0.15, -0.1) is 0 Å². The molecule has 144 valence electrons. The first kappa shape index (κ1) is 19.2. The summed E-state index contributed by atoms with van der Waals surface area (Å²) in [4.78, 5) is 20.3. The van der Waals surface area contributed by atoms with Crippen LogP contribution in [0.2, 0.25) is 0 Å². The van der Waals surface area contributed by atoms with E-state index in [0.717, 1.165) is 16.9 Å². The number of amides is 2. The molecule has 0 aliphatic rings. The van der Waals surface area contributed by atoms with Crippen molar-refractivity contribution >= 4 is 11.7 Å². The molecule has 2 heterocycles. The van der Waals surface area contributed by atoms with Crippen LogP contribution in [0.5, 0.6) is 17.5 Å². The van der Waals surface area contributed by atoms with Crippen molar-refractivity contribution in [1.82, 2.24) is 15.3 Å². The molecule has 1 aromatic carbocycles. The number of carbonyl (C=O) groups excluding carboxylic acids is 1. The highest BCUT2D eigenvalue weighted by Gasteiger charge is 2.05. The van der Waals surface area contributed by atoms with Crippen molar-refractivity contribution in [2.75, 3.05) is 12.4 Å². The molecule has 0 unspecified atom stereocenters. The Bertz CT molecular complexity index is 958. The van der Waals surface area contributed by atoms with E-state index >= 15 is 0 Å². The van der Waals surface area contributed by atoms with Gasteiger partial charge in [-0.3, -0.25) is 0 Å². The molecule has 7 heteroatoms. The molecule has 3 rings (SSSR count). The van der Waals surface area contributed by atoms with Gasteiger partial charge in [0.1, 0.15) is 5.75 Å². The summed E-state index contributed by atoms with van der Waals surface area (Å²) in [6.07, 6.45) is 3.18. The van der Waals surface area contributed by atoms with Gasteiger partial charge in [0.25, 0.3) is 0 Å². The van der Waals surface area contributed by atoms with Crippen LogP contribution < -0.4 is 20.1 Å². The normalized spacial score (nSPS) is 10.2. The van der Waals surface area contributed by atoms with Crippen LogP contribution in [0.3, 0.4) is 0 Å². The zero-order chi connectivity index (χ0) is 19.9. The Labute approximate surface area is 163 Å². The number of anilines is 1. The maximum atomic E-state index is 12.1. The number of rotatable bonds is 6. The molecule has 2 amide bonds. The van der Waals surface area contributed by atoms with Gasteiger partial charge < -0.3 is 20.1 Å². The molecule has 28 heavy (non-hydrogen) atoms. The second-order valence-corrected chi connectivity index (χ2v) is 6.25. The number of benzene rings is 1. The number of nitrogens with zero attached hydrogens (tertiary/aromatic N) is 2. The van der Waals surface area contributed by atoms with E-state index in [-0.39, 0.29) is 6.03 Å². The molecule has 0 fully saturated rings. The van der Waals surface area contributed by atoms with Gasteiger partial charge in [0.15, 0.2) is 0 Å². The van der Waals surface area contributed by atoms with Gasteiger partial charge in [-0.05, 0) is 54.8 Å². The van der Waals surface area contributed by atoms with Gasteiger partial charge >= 0.3 is 6.03 Å². The highest BCUT2D eigenvalue weighted by Crippen LogP contribution is 2.23. The minimum atomic E-state index is -0.333. The van der Waals surface area contributed by atoms with Crippen molar-refractivity contribution in [3.8, 4) is 17.5 Å². The van der Waals surface area contributed by atoms with Gasteiger partial charge in [-0.1, -0.05) is 6.07 Å². The van der Waals surface area contributed by atoms with Crippen molar-refractivity contribution < 1.29 is 14.3 Å². The Kier molecular flexibility index (Phi) is 6.06. The molecular weight excluding hydrogens is 356 g/mol. The van der Waals surface area contributed by atoms with Gasteiger partial charge in [-0.2, -0.15) is 0 Å². The van der Waals surface area contributed by atoms with Crippen LogP contribution in [-0.4, -0.2) is 23.1 Å². The summed E-state index contributed by atoms with van der Waals surface area (Å²) in [7, 11) is 1.55. The minimum absolute atomic E-state index is 0.333. The van der Waals surface area contributed by atoms with E-state index in [1.165, 1.54) is 5.56 Å². The van der Waals surface area contributed by atoms with E-state index < -0.39 is 0 Å². The number of carbonyl (C=O) groups is 1. The first-order valence-corrected chi connectivity index (χ1v) is 8.78. The zero-order valence-corrected chi connectivity index (χ0v) is 16.0. The van der Waals surface area contributed by atoms with E-state index in [0.29, 0.717) is 24.0 Å². The predicted octanol–water partition coefficient (Wildman–Crippen LogP) is 4.22. The minimum Gasteiger partial charge on any atom is -0.481 e. The third kappa shape index (κ3) is 5.20. The average Bonchev–Trinajstić information content (AvgIpc) is 2.71. The number of methoxy groups -OCH3 is 1. The summed E-state index contributed by atoms with van der Waals surface area (Å²) in [5.41, 5.74) is 3.81. The van der Waals surface area contributed by atoms with Crippen molar-refractivity contribution in [2.45, 2.75) is 20.4 Å². The monoisotopic (exact) mass is 378 g/mol. The predicted molar refractivity (Wildman–Crippen MR) is 107 cm³/mol. The summed E-state index contributed by atoms with van der Waals surface area (Å²) in [6.45, 7) is 4.43. The molecule has 2 N–H and O–H groups in total. The van der Waals surface area contributed by atoms with Crippen LogP contribution in [0, 0.1) is 13.8 Å². The first-order chi connectivity index (χ1) is 13.5. The Morgan fingerprint density at radius 3 is 2.57 bits per heavy atom. The molecule has 7 nitrogen and oxygen atoms in total. The number of hydrogen-bond acceptors (Lipinski definition) is 5. The molecule has 0 atom stereocenters. The maximum Gasteiger partial charge on any atom is 0.319 e. The number of hydrogen-bond donors (Lipinski definition) is 2. The van der Waals surface area contributed by atoms with Crippen molar-refractivity contribution in [2.24, 2.45) is 0 Å². The Hall–Kier alpha value is -3.61. The Morgan fingerprint density at radius 2 is 1.86 bits per heavy atom. The number of aromatic nitrogens is 2. The van der Waals surface area contributed by atoms with Gasteiger partial charge in [0, 0.05) is 24.9 Å². The van der Waals surface area contributed by atoms with E-state index in [1.807, 2.05) is 38.1 Å². The van der Waals surface area contributed by atoms with Gasteiger partial charge in [-0.25, -0.2) is 14.8 Å². The topological polar surface area (TPSA) is 85.4 Å². The fourth-order valence-corrected chi connectivity index (χ4v) is 2.44. The van der Waals surface area contributed by atoms with Gasteiger partial charge in [0.2, 0.25) is 11.8 Å². The van der Waals surface area contributed by atoms with Gasteiger partial charge in [0.05, 0.1) is 19.0 Å². The Balaban J connectivity index is 1.53. The lowest BCUT2D eigenvalue weighted by atomic mass is 10.1. The SMILES string of the molecule is COc1cc(CNC(=O)Nc2ccc(Oc3ccc(C)c(C)c3)nc2)ccn1.